The van der Waals surface area contributed by atoms with Gasteiger partial charge < -0.3 is 5.32 Å². The van der Waals surface area contributed by atoms with Crippen molar-refractivity contribution in [3.63, 3.8) is 0 Å². The van der Waals surface area contributed by atoms with Crippen molar-refractivity contribution in [2.75, 3.05) is 33.2 Å². The minimum Gasteiger partial charge on any atom is -0.313 e. The fraction of sp³-hybridized carbons (Fsp3) is 1.00. The van der Waals surface area contributed by atoms with E-state index in [1.165, 1.54) is 4.31 Å². The Balaban J connectivity index is 2.08. The summed E-state index contributed by atoms with van der Waals surface area (Å²) < 4.78 is 28.1. The van der Waals surface area contributed by atoms with Gasteiger partial charge in [-0.15, -0.1) is 0 Å². The normalized spacial score (nSPS) is 32.7. The van der Waals surface area contributed by atoms with Crippen LogP contribution in [0.15, 0.2) is 0 Å². The van der Waals surface area contributed by atoms with Gasteiger partial charge >= 0.3 is 0 Å². The molecule has 2 aliphatic heterocycles. The lowest BCUT2D eigenvalue weighted by atomic mass is 9.94. The van der Waals surface area contributed by atoms with Gasteiger partial charge in [0.25, 0.3) is 10.2 Å². The van der Waals surface area contributed by atoms with Crippen LogP contribution in [0.25, 0.3) is 0 Å². The first kappa shape index (κ1) is 13.3. The summed E-state index contributed by atoms with van der Waals surface area (Å²) in [5, 5.41) is 3.11. The van der Waals surface area contributed by atoms with Gasteiger partial charge in [-0.1, -0.05) is 13.8 Å². The van der Waals surface area contributed by atoms with Crippen LogP contribution >= 0.6 is 0 Å². The third-order valence-corrected chi connectivity index (χ3v) is 5.78. The van der Waals surface area contributed by atoms with Crippen molar-refractivity contribution >= 4 is 10.2 Å². The average molecular weight is 261 g/mol. The Hall–Kier alpha value is -0.170. The molecule has 2 saturated heterocycles. The van der Waals surface area contributed by atoms with E-state index >= 15 is 0 Å². The highest BCUT2D eigenvalue weighted by molar-refractivity contribution is 7.86. The zero-order chi connectivity index (χ0) is 12.6. The second-order valence-electron chi connectivity index (χ2n) is 5.60. The Morgan fingerprint density at radius 2 is 1.71 bits per heavy atom. The van der Waals surface area contributed by atoms with Crippen LogP contribution in [0.3, 0.4) is 0 Å². The maximum atomic E-state index is 12.4. The SMILES string of the molecule is CC1CC(C)CN(S(=O)(=O)N(C)C2CNC2)C1. The molecule has 0 bridgehead atoms. The molecule has 2 fully saturated rings. The number of nitrogens with zero attached hydrogens (tertiary/aromatic N) is 2. The maximum absolute atomic E-state index is 12.4. The summed E-state index contributed by atoms with van der Waals surface area (Å²) in [6.07, 6.45) is 1.13. The van der Waals surface area contributed by atoms with E-state index in [1.807, 2.05) is 0 Å². The lowest BCUT2D eigenvalue weighted by Crippen LogP contribution is -2.60. The molecule has 2 unspecified atom stereocenters. The van der Waals surface area contributed by atoms with Crippen LogP contribution in [0.4, 0.5) is 0 Å². The van der Waals surface area contributed by atoms with E-state index in [9.17, 15) is 8.42 Å². The predicted octanol–water partition coefficient (Wildman–Crippen LogP) is 0.113. The van der Waals surface area contributed by atoms with Crippen LogP contribution in [0, 0.1) is 11.8 Å². The number of likely N-dealkylation sites (N-methyl/N-ethyl adjacent to an activating group) is 1. The molecular weight excluding hydrogens is 238 g/mol. The van der Waals surface area contributed by atoms with Crippen LogP contribution < -0.4 is 5.32 Å². The number of rotatable bonds is 3. The Kier molecular flexibility index (Phi) is 3.77. The third-order valence-electron chi connectivity index (χ3n) is 3.80. The van der Waals surface area contributed by atoms with Crippen molar-refractivity contribution in [2.24, 2.45) is 11.8 Å². The van der Waals surface area contributed by atoms with Crippen molar-refractivity contribution < 1.29 is 8.42 Å². The summed E-state index contributed by atoms with van der Waals surface area (Å²) in [5.74, 6) is 0.919. The number of hydrogen-bond donors (Lipinski definition) is 1. The summed E-state index contributed by atoms with van der Waals surface area (Å²) >= 11 is 0. The zero-order valence-corrected chi connectivity index (χ0v) is 11.7. The van der Waals surface area contributed by atoms with Gasteiger partial charge in [0.05, 0.1) is 6.04 Å². The van der Waals surface area contributed by atoms with Crippen LogP contribution in [-0.4, -0.2) is 56.3 Å². The van der Waals surface area contributed by atoms with Gasteiger partial charge in [0.15, 0.2) is 0 Å². The molecule has 2 rings (SSSR count). The van der Waals surface area contributed by atoms with Crippen LogP contribution in [-0.2, 0) is 10.2 Å². The summed E-state index contributed by atoms with van der Waals surface area (Å²) in [7, 11) is -1.56. The van der Waals surface area contributed by atoms with Crippen LogP contribution in [0.5, 0.6) is 0 Å². The highest BCUT2D eigenvalue weighted by Crippen LogP contribution is 2.25. The first-order valence-electron chi connectivity index (χ1n) is 6.35. The Morgan fingerprint density at radius 1 is 1.18 bits per heavy atom. The Morgan fingerprint density at radius 3 is 2.12 bits per heavy atom. The van der Waals surface area contributed by atoms with Crippen molar-refractivity contribution in [3.05, 3.63) is 0 Å². The van der Waals surface area contributed by atoms with Gasteiger partial charge in [0.2, 0.25) is 0 Å². The van der Waals surface area contributed by atoms with E-state index in [1.54, 1.807) is 11.4 Å². The molecule has 0 aromatic heterocycles. The fourth-order valence-electron chi connectivity index (χ4n) is 2.70. The fourth-order valence-corrected chi connectivity index (χ4v) is 4.47. The summed E-state index contributed by atoms with van der Waals surface area (Å²) in [4.78, 5) is 0. The topological polar surface area (TPSA) is 52.7 Å². The molecule has 2 atom stereocenters. The summed E-state index contributed by atoms with van der Waals surface area (Å²) in [5.41, 5.74) is 0. The third kappa shape index (κ3) is 2.65. The Labute approximate surface area is 104 Å². The van der Waals surface area contributed by atoms with E-state index in [0.29, 0.717) is 24.9 Å². The number of piperidine rings is 1. The first-order chi connectivity index (χ1) is 7.91. The highest BCUT2D eigenvalue weighted by Gasteiger charge is 2.37. The second-order valence-corrected chi connectivity index (χ2v) is 7.59. The van der Waals surface area contributed by atoms with Gasteiger partial charge in [-0.3, -0.25) is 0 Å². The van der Waals surface area contributed by atoms with Gasteiger partial charge in [-0.25, -0.2) is 0 Å². The molecule has 17 heavy (non-hydrogen) atoms. The lowest BCUT2D eigenvalue weighted by Gasteiger charge is -2.41. The quantitative estimate of drug-likeness (QED) is 0.785. The van der Waals surface area contributed by atoms with Gasteiger partial charge in [-0.2, -0.15) is 17.0 Å². The average Bonchev–Trinajstić information content (AvgIpc) is 2.13. The van der Waals surface area contributed by atoms with Crippen molar-refractivity contribution in [1.82, 2.24) is 13.9 Å². The van der Waals surface area contributed by atoms with E-state index in [4.69, 9.17) is 0 Å². The molecule has 1 N–H and O–H groups in total. The molecule has 100 valence electrons. The standard InChI is InChI=1S/C11H23N3O2S/c1-9-4-10(2)8-14(7-9)17(15,16)13(3)11-5-12-6-11/h9-12H,4-8H2,1-3H3. The predicted molar refractivity (Wildman–Crippen MR) is 67.9 cm³/mol. The molecule has 6 heteroatoms. The second kappa shape index (κ2) is 4.84. The molecule has 2 aliphatic rings. The van der Waals surface area contributed by atoms with Crippen LogP contribution in [0.1, 0.15) is 20.3 Å². The zero-order valence-electron chi connectivity index (χ0n) is 10.9. The number of nitrogens with one attached hydrogen (secondary N) is 1. The van der Waals surface area contributed by atoms with Crippen molar-refractivity contribution in [1.29, 1.82) is 0 Å². The molecular formula is C11H23N3O2S. The van der Waals surface area contributed by atoms with Gasteiger partial charge in [0.1, 0.15) is 0 Å². The molecule has 0 spiro atoms. The van der Waals surface area contributed by atoms with E-state index in [-0.39, 0.29) is 6.04 Å². The molecule has 0 saturated carbocycles. The van der Waals surface area contributed by atoms with Gasteiger partial charge in [-0.05, 0) is 18.3 Å². The summed E-state index contributed by atoms with van der Waals surface area (Å²) in [6, 6.07) is 0.132. The maximum Gasteiger partial charge on any atom is 0.282 e. The molecule has 0 aromatic carbocycles. The van der Waals surface area contributed by atoms with Crippen molar-refractivity contribution in [3.8, 4) is 0 Å². The minimum absolute atomic E-state index is 0.132. The summed E-state index contributed by atoms with van der Waals surface area (Å²) in [6.45, 7) is 7.13. The Bertz CT molecular complexity index is 357. The lowest BCUT2D eigenvalue weighted by molar-refractivity contribution is 0.195. The molecule has 0 amide bonds. The molecule has 0 aromatic rings. The number of hydrogen-bond acceptors (Lipinski definition) is 3. The molecule has 2 heterocycles. The first-order valence-corrected chi connectivity index (χ1v) is 7.74. The molecule has 0 radical (unpaired) electrons. The molecule has 5 nitrogen and oxygen atoms in total. The highest BCUT2D eigenvalue weighted by atomic mass is 32.2. The largest absolute Gasteiger partial charge is 0.313 e. The van der Waals surface area contributed by atoms with Crippen LogP contribution in [0.2, 0.25) is 0 Å². The smallest absolute Gasteiger partial charge is 0.282 e. The molecule has 0 aliphatic carbocycles. The van der Waals surface area contributed by atoms with Gasteiger partial charge in [0, 0.05) is 33.2 Å². The monoisotopic (exact) mass is 261 g/mol. The van der Waals surface area contributed by atoms with E-state index in [2.05, 4.69) is 19.2 Å². The minimum atomic E-state index is -3.26. The van der Waals surface area contributed by atoms with E-state index in [0.717, 1.165) is 19.5 Å². The van der Waals surface area contributed by atoms with Crippen molar-refractivity contribution in [2.45, 2.75) is 26.3 Å². The van der Waals surface area contributed by atoms with E-state index < -0.39 is 10.2 Å².